The number of ether oxygens (including phenoxy) is 3. The van der Waals surface area contributed by atoms with Gasteiger partial charge in [0.05, 0.1) is 21.3 Å². The van der Waals surface area contributed by atoms with Crippen molar-refractivity contribution in [2.45, 2.75) is 5.92 Å². The van der Waals surface area contributed by atoms with E-state index in [9.17, 15) is 4.79 Å². The first-order chi connectivity index (χ1) is 14.2. The molecule has 0 N–H and O–H groups in total. The maximum atomic E-state index is 13.0. The Labute approximate surface area is 169 Å². The normalized spacial score (nSPS) is 11.0. The van der Waals surface area contributed by atoms with Crippen molar-refractivity contribution in [2.75, 3.05) is 21.3 Å². The van der Waals surface area contributed by atoms with Crippen LogP contribution in [0.25, 0.3) is 21.5 Å². The average Bonchev–Trinajstić information content (AvgIpc) is 2.79. The molecule has 0 unspecified atom stereocenters. The predicted molar refractivity (Wildman–Crippen MR) is 115 cm³/mol. The quantitative estimate of drug-likeness (QED) is 0.436. The molecular weight excluding hydrogens is 364 g/mol. The topological polar surface area (TPSA) is 44.8 Å². The number of fused-ring (bicyclic) bond motifs is 2. The Morgan fingerprint density at radius 1 is 0.621 bits per heavy atom. The zero-order valence-electron chi connectivity index (χ0n) is 16.6. The molecule has 4 nitrogen and oxygen atoms in total. The van der Waals surface area contributed by atoms with Crippen molar-refractivity contribution in [3.63, 3.8) is 0 Å². The number of benzene rings is 4. The Kier molecular flexibility index (Phi) is 5.09. The van der Waals surface area contributed by atoms with Crippen molar-refractivity contribution >= 4 is 27.5 Å². The molecule has 0 spiro atoms. The lowest BCUT2D eigenvalue weighted by Gasteiger charge is -2.21. The maximum absolute atomic E-state index is 13.0. The van der Waals surface area contributed by atoms with Crippen LogP contribution in [0.4, 0.5) is 0 Å². The largest absolute Gasteiger partial charge is 0.496 e. The van der Waals surface area contributed by atoms with Crippen LogP contribution in [0.1, 0.15) is 17.0 Å². The van der Waals surface area contributed by atoms with Crippen LogP contribution in [0.3, 0.4) is 0 Å². The van der Waals surface area contributed by atoms with Crippen LogP contribution in [0, 0.1) is 0 Å². The van der Waals surface area contributed by atoms with Gasteiger partial charge in [-0.3, -0.25) is 4.79 Å². The molecule has 4 heteroatoms. The second-order valence-electron chi connectivity index (χ2n) is 6.76. The van der Waals surface area contributed by atoms with Gasteiger partial charge in [0.1, 0.15) is 17.4 Å². The number of methoxy groups -OCH3 is 3. The fourth-order valence-electron chi connectivity index (χ4n) is 3.99. The van der Waals surface area contributed by atoms with Gasteiger partial charge in [-0.05, 0) is 34.0 Å². The number of hydrogen-bond donors (Lipinski definition) is 0. The molecule has 0 aliphatic heterocycles. The van der Waals surface area contributed by atoms with Crippen LogP contribution in [0.15, 0.2) is 72.8 Å². The molecule has 4 rings (SSSR count). The zero-order chi connectivity index (χ0) is 20.4. The summed E-state index contributed by atoms with van der Waals surface area (Å²) in [4.78, 5) is 13.0. The fraction of sp³-hybridized carbons (Fsp3) is 0.160. The van der Waals surface area contributed by atoms with Gasteiger partial charge >= 0.3 is 5.97 Å². The highest BCUT2D eigenvalue weighted by Crippen LogP contribution is 2.40. The molecular formula is C25H22O4. The third kappa shape index (κ3) is 3.17. The summed E-state index contributed by atoms with van der Waals surface area (Å²) in [6.07, 6.45) is 0. The second-order valence-corrected chi connectivity index (χ2v) is 6.76. The van der Waals surface area contributed by atoms with Gasteiger partial charge in [-0.25, -0.2) is 0 Å². The van der Waals surface area contributed by atoms with Crippen molar-refractivity contribution in [2.24, 2.45) is 0 Å². The Hall–Kier alpha value is -3.53. The maximum Gasteiger partial charge on any atom is 0.317 e. The highest BCUT2D eigenvalue weighted by atomic mass is 16.5. The summed E-state index contributed by atoms with van der Waals surface area (Å²) < 4.78 is 16.3. The van der Waals surface area contributed by atoms with E-state index in [0.29, 0.717) is 0 Å². The van der Waals surface area contributed by atoms with E-state index in [1.165, 1.54) is 7.11 Å². The molecule has 146 valence electrons. The highest BCUT2D eigenvalue weighted by molar-refractivity contribution is 6.00. The Balaban J connectivity index is 2.03. The minimum Gasteiger partial charge on any atom is -0.496 e. The lowest BCUT2D eigenvalue weighted by molar-refractivity contribution is -0.141. The van der Waals surface area contributed by atoms with Crippen molar-refractivity contribution in [3.05, 3.63) is 83.9 Å². The molecule has 0 saturated carbocycles. The van der Waals surface area contributed by atoms with Crippen LogP contribution in [-0.4, -0.2) is 27.3 Å². The zero-order valence-corrected chi connectivity index (χ0v) is 16.6. The molecule has 0 atom stereocenters. The van der Waals surface area contributed by atoms with E-state index in [1.54, 1.807) is 14.2 Å². The van der Waals surface area contributed by atoms with Gasteiger partial charge < -0.3 is 14.2 Å². The molecule has 0 saturated heterocycles. The van der Waals surface area contributed by atoms with Crippen LogP contribution in [0.2, 0.25) is 0 Å². The second kappa shape index (κ2) is 7.84. The number of hydrogen-bond acceptors (Lipinski definition) is 4. The van der Waals surface area contributed by atoms with E-state index >= 15 is 0 Å². The smallest absolute Gasteiger partial charge is 0.317 e. The summed E-state index contributed by atoms with van der Waals surface area (Å²) in [6.45, 7) is 0. The number of esters is 1. The Morgan fingerprint density at radius 2 is 1.03 bits per heavy atom. The Morgan fingerprint density at radius 3 is 1.41 bits per heavy atom. The van der Waals surface area contributed by atoms with Gasteiger partial charge in [0.25, 0.3) is 0 Å². The van der Waals surface area contributed by atoms with Gasteiger partial charge in [-0.1, -0.05) is 60.7 Å². The van der Waals surface area contributed by atoms with Gasteiger partial charge in [-0.2, -0.15) is 0 Å². The van der Waals surface area contributed by atoms with E-state index in [0.717, 1.165) is 44.2 Å². The summed E-state index contributed by atoms with van der Waals surface area (Å²) in [7, 11) is 4.72. The van der Waals surface area contributed by atoms with Crippen LogP contribution >= 0.6 is 0 Å². The number of rotatable bonds is 5. The van der Waals surface area contributed by atoms with Crippen molar-refractivity contribution < 1.29 is 19.0 Å². The highest BCUT2D eigenvalue weighted by Gasteiger charge is 2.28. The standard InChI is InChI=1S/C25H22O4/c1-27-22-14-12-20(16-8-4-6-10-18(16)22)24(25(26)29-3)21-13-15-23(28-2)19-11-7-5-9-17(19)21/h4-15,24H,1-3H3. The van der Waals surface area contributed by atoms with E-state index in [1.807, 2.05) is 72.8 Å². The lowest BCUT2D eigenvalue weighted by Crippen LogP contribution is -2.16. The summed E-state index contributed by atoms with van der Waals surface area (Å²) in [5, 5.41) is 3.84. The van der Waals surface area contributed by atoms with Crippen LogP contribution < -0.4 is 9.47 Å². The molecule has 0 bridgehead atoms. The van der Waals surface area contributed by atoms with Crippen molar-refractivity contribution in [1.82, 2.24) is 0 Å². The van der Waals surface area contributed by atoms with E-state index in [-0.39, 0.29) is 5.97 Å². The van der Waals surface area contributed by atoms with Gasteiger partial charge in [0.2, 0.25) is 0 Å². The predicted octanol–water partition coefficient (Wildman–Crippen LogP) is 5.32. The van der Waals surface area contributed by atoms with Crippen LogP contribution in [-0.2, 0) is 9.53 Å². The molecule has 0 radical (unpaired) electrons. The molecule has 0 aliphatic carbocycles. The van der Waals surface area contributed by atoms with Gasteiger partial charge in [0, 0.05) is 10.8 Å². The third-order valence-corrected chi connectivity index (χ3v) is 5.33. The van der Waals surface area contributed by atoms with Crippen LogP contribution in [0.5, 0.6) is 11.5 Å². The molecule has 0 amide bonds. The SMILES string of the molecule is COC(=O)C(c1ccc(OC)c2ccccc12)c1ccc(OC)c2ccccc12. The fourth-order valence-corrected chi connectivity index (χ4v) is 3.99. The van der Waals surface area contributed by atoms with Gasteiger partial charge in [0.15, 0.2) is 0 Å². The lowest BCUT2D eigenvalue weighted by atomic mass is 9.85. The molecule has 0 heterocycles. The first kappa shape index (κ1) is 18.8. The average molecular weight is 386 g/mol. The minimum atomic E-state index is -0.577. The number of carbonyl (C=O) groups is 1. The summed E-state index contributed by atoms with van der Waals surface area (Å²) in [5.74, 6) is 0.655. The van der Waals surface area contributed by atoms with E-state index < -0.39 is 5.92 Å². The van der Waals surface area contributed by atoms with E-state index in [4.69, 9.17) is 14.2 Å². The molecule has 0 aliphatic rings. The van der Waals surface area contributed by atoms with Crippen molar-refractivity contribution in [1.29, 1.82) is 0 Å². The number of carbonyl (C=O) groups excluding carboxylic acids is 1. The monoisotopic (exact) mass is 386 g/mol. The molecule has 4 aromatic rings. The molecule has 0 fully saturated rings. The van der Waals surface area contributed by atoms with E-state index in [2.05, 4.69) is 0 Å². The van der Waals surface area contributed by atoms with Crippen molar-refractivity contribution in [3.8, 4) is 11.5 Å². The first-order valence-electron chi connectivity index (χ1n) is 9.38. The summed E-state index contributed by atoms with van der Waals surface area (Å²) >= 11 is 0. The summed E-state index contributed by atoms with van der Waals surface area (Å²) in [5.41, 5.74) is 1.76. The molecule has 29 heavy (non-hydrogen) atoms. The van der Waals surface area contributed by atoms with Gasteiger partial charge in [-0.15, -0.1) is 0 Å². The minimum absolute atomic E-state index is 0.310. The molecule has 4 aromatic carbocycles. The summed E-state index contributed by atoms with van der Waals surface area (Å²) in [6, 6.07) is 23.6. The Bertz CT molecular complexity index is 1110. The molecule has 0 aromatic heterocycles. The first-order valence-corrected chi connectivity index (χ1v) is 9.38. The third-order valence-electron chi connectivity index (χ3n) is 5.33.